The number of Topliss-reactive ketones (excluding diaryl/α,β-unsaturated/α-hetero) is 1. The molecule has 0 amide bonds. The maximum Gasteiger partial charge on any atom is 0.189 e. The van der Waals surface area contributed by atoms with Crippen molar-refractivity contribution in [3.05, 3.63) is 57.6 Å². The highest BCUT2D eigenvalue weighted by molar-refractivity contribution is 6.30. The van der Waals surface area contributed by atoms with Crippen molar-refractivity contribution in [3.63, 3.8) is 0 Å². The number of benzene rings is 2. The normalized spacial score (nSPS) is 14.7. The van der Waals surface area contributed by atoms with Crippen LogP contribution in [0, 0.1) is 0 Å². The zero-order valence-corrected chi connectivity index (χ0v) is 14.4. The first-order valence-corrected chi connectivity index (χ1v) is 7.79. The van der Waals surface area contributed by atoms with Gasteiger partial charge in [-0.1, -0.05) is 11.6 Å². The van der Waals surface area contributed by atoms with Crippen LogP contribution >= 0.6 is 11.6 Å². The first-order chi connectivity index (χ1) is 11.6. The van der Waals surface area contributed by atoms with Crippen LogP contribution in [0.4, 0.5) is 0 Å². The van der Waals surface area contributed by atoms with Gasteiger partial charge in [-0.2, -0.15) is 0 Å². The van der Waals surface area contributed by atoms with Gasteiger partial charge in [-0.05, 0) is 36.4 Å². The van der Waals surface area contributed by atoms with E-state index in [9.17, 15) is 4.79 Å². The molecule has 0 aliphatic heterocycles. The third-order valence-corrected chi connectivity index (χ3v) is 4.31. The van der Waals surface area contributed by atoms with Crippen LogP contribution in [0.1, 0.15) is 21.5 Å². The maximum absolute atomic E-state index is 12.7. The lowest BCUT2D eigenvalue weighted by Gasteiger charge is -2.10. The Morgan fingerprint density at radius 3 is 2.38 bits per heavy atom. The molecule has 1 aliphatic carbocycles. The first kappa shape index (κ1) is 16.4. The summed E-state index contributed by atoms with van der Waals surface area (Å²) in [6, 6.07) is 8.83. The second-order valence-electron chi connectivity index (χ2n) is 5.39. The van der Waals surface area contributed by atoms with Crippen LogP contribution in [0.5, 0.6) is 17.2 Å². The number of allylic oxidation sites excluding steroid dienone is 1. The van der Waals surface area contributed by atoms with E-state index in [0.717, 1.165) is 11.1 Å². The molecule has 3 rings (SSSR count). The Morgan fingerprint density at radius 2 is 1.71 bits per heavy atom. The lowest BCUT2D eigenvalue weighted by Crippen LogP contribution is -1.97. The molecule has 0 radical (unpaired) electrons. The Balaban J connectivity index is 2.07. The summed E-state index contributed by atoms with van der Waals surface area (Å²) in [7, 11) is 4.74. The summed E-state index contributed by atoms with van der Waals surface area (Å²) in [5, 5.41) is 0.588. The SMILES string of the molecule is COc1ccc(Cl)cc1/C=C1\Cc2c(ccc(OC)c2OC)C1=O. The summed E-state index contributed by atoms with van der Waals surface area (Å²) in [4.78, 5) is 12.7. The van der Waals surface area contributed by atoms with Gasteiger partial charge in [0.05, 0.1) is 21.3 Å². The number of hydrogen-bond donors (Lipinski definition) is 0. The highest BCUT2D eigenvalue weighted by atomic mass is 35.5. The molecule has 0 unspecified atom stereocenters. The Bertz CT molecular complexity index is 840. The number of halogens is 1. The van der Waals surface area contributed by atoms with E-state index in [1.807, 2.05) is 6.08 Å². The predicted molar refractivity (Wildman–Crippen MR) is 93.6 cm³/mol. The number of fused-ring (bicyclic) bond motifs is 1. The number of carbonyl (C=O) groups excluding carboxylic acids is 1. The molecule has 2 aromatic carbocycles. The average Bonchev–Trinajstić information content (AvgIpc) is 2.90. The van der Waals surface area contributed by atoms with Gasteiger partial charge < -0.3 is 14.2 Å². The fraction of sp³-hybridized carbons (Fsp3) is 0.211. The Morgan fingerprint density at radius 1 is 1.00 bits per heavy atom. The second-order valence-corrected chi connectivity index (χ2v) is 5.83. The number of carbonyl (C=O) groups is 1. The lowest BCUT2D eigenvalue weighted by molar-refractivity contribution is 0.104. The summed E-state index contributed by atoms with van der Waals surface area (Å²) in [6.45, 7) is 0. The maximum atomic E-state index is 12.7. The van der Waals surface area contributed by atoms with E-state index in [2.05, 4.69) is 0 Å². The molecule has 4 nitrogen and oxygen atoms in total. The molecule has 0 saturated carbocycles. The van der Waals surface area contributed by atoms with Crippen LogP contribution in [0.15, 0.2) is 35.9 Å². The van der Waals surface area contributed by atoms with Crippen LogP contribution in [0.25, 0.3) is 6.08 Å². The lowest BCUT2D eigenvalue weighted by atomic mass is 10.1. The standard InChI is InChI=1S/C19H17ClO4/c1-22-16-6-4-13(20)9-11(16)8-12-10-15-14(18(12)21)5-7-17(23-2)19(15)24-3/h4-9H,10H2,1-3H3/b12-8+. The van der Waals surface area contributed by atoms with Gasteiger partial charge in [0.15, 0.2) is 17.3 Å². The summed E-state index contributed by atoms with van der Waals surface area (Å²) < 4.78 is 16.1. The molecule has 0 spiro atoms. The van der Waals surface area contributed by atoms with E-state index in [1.54, 1.807) is 51.7 Å². The van der Waals surface area contributed by atoms with Crippen molar-refractivity contribution in [1.82, 2.24) is 0 Å². The number of rotatable bonds is 4. The van der Waals surface area contributed by atoms with Crippen molar-refractivity contribution < 1.29 is 19.0 Å². The van der Waals surface area contributed by atoms with Gasteiger partial charge in [0.2, 0.25) is 0 Å². The number of hydrogen-bond acceptors (Lipinski definition) is 4. The van der Waals surface area contributed by atoms with Crippen molar-refractivity contribution in [2.24, 2.45) is 0 Å². The molecule has 124 valence electrons. The van der Waals surface area contributed by atoms with Gasteiger partial charge in [-0.3, -0.25) is 4.79 Å². The second kappa shape index (κ2) is 6.57. The molecular formula is C19H17ClO4. The van der Waals surface area contributed by atoms with Gasteiger partial charge in [0.25, 0.3) is 0 Å². The van der Waals surface area contributed by atoms with E-state index in [0.29, 0.717) is 39.8 Å². The summed E-state index contributed by atoms with van der Waals surface area (Å²) in [5.74, 6) is 1.86. The van der Waals surface area contributed by atoms with Gasteiger partial charge in [-0.15, -0.1) is 0 Å². The molecule has 0 fully saturated rings. The van der Waals surface area contributed by atoms with Crippen LogP contribution in [-0.4, -0.2) is 27.1 Å². The zero-order valence-electron chi connectivity index (χ0n) is 13.7. The highest BCUT2D eigenvalue weighted by Crippen LogP contribution is 2.40. The predicted octanol–water partition coefficient (Wildman–Crippen LogP) is 4.19. The molecule has 0 N–H and O–H groups in total. The van der Waals surface area contributed by atoms with Crippen LogP contribution in [-0.2, 0) is 6.42 Å². The van der Waals surface area contributed by atoms with E-state index in [4.69, 9.17) is 25.8 Å². The molecule has 24 heavy (non-hydrogen) atoms. The minimum atomic E-state index is -0.0204. The fourth-order valence-corrected chi connectivity index (χ4v) is 3.13. The topological polar surface area (TPSA) is 44.8 Å². The van der Waals surface area contributed by atoms with Crippen molar-refractivity contribution in [2.75, 3.05) is 21.3 Å². The Labute approximate surface area is 145 Å². The first-order valence-electron chi connectivity index (χ1n) is 7.41. The van der Waals surface area contributed by atoms with Crippen LogP contribution in [0.3, 0.4) is 0 Å². The number of ether oxygens (including phenoxy) is 3. The number of methoxy groups -OCH3 is 3. The largest absolute Gasteiger partial charge is 0.496 e. The monoisotopic (exact) mass is 344 g/mol. The molecule has 2 aromatic rings. The van der Waals surface area contributed by atoms with Crippen molar-refractivity contribution in [3.8, 4) is 17.2 Å². The Hall–Kier alpha value is -2.46. The minimum Gasteiger partial charge on any atom is -0.496 e. The molecular weight excluding hydrogens is 328 g/mol. The van der Waals surface area contributed by atoms with Gasteiger partial charge >= 0.3 is 0 Å². The third-order valence-electron chi connectivity index (χ3n) is 4.07. The van der Waals surface area contributed by atoms with Gasteiger partial charge in [0.1, 0.15) is 5.75 Å². The molecule has 0 heterocycles. The average molecular weight is 345 g/mol. The van der Waals surface area contributed by atoms with Gasteiger partial charge in [-0.25, -0.2) is 0 Å². The van der Waals surface area contributed by atoms with Crippen molar-refractivity contribution >= 4 is 23.5 Å². The van der Waals surface area contributed by atoms with Crippen molar-refractivity contribution in [1.29, 1.82) is 0 Å². The van der Waals surface area contributed by atoms with E-state index in [-0.39, 0.29) is 5.78 Å². The Kier molecular flexibility index (Phi) is 4.49. The number of ketones is 1. The van der Waals surface area contributed by atoms with Gasteiger partial charge in [0, 0.05) is 33.7 Å². The molecule has 0 aromatic heterocycles. The van der Waals surface area contributed by atoms with Crippen LogP contribution in [0.2, 0.25) is 5.02 Å². The van der Waals surface area contributed by atoms with E-state index >= 15 is 0 Å². The minimum absolute atomic E-state index is 0.0204. The molecule has 0 atom stereocenters. The van der Waals surface area contributed by atoms with Crippen LogP contribution < -0.4 is 14.2 Å². The van der Waals surface area contributed by atoms with E-state index < -0.39 is 0 Å². The molecule has 0 saturated heterocycles. The molecule has 1 aliphatic rings. The summed E-state index contributed by atoms with van der Waals surface area (Å²) in [5.41, 5.74) is 2.91. The zero-order chi connectivity index (χ0) is 17.3. The highest BCUT2D eigenvalue weighted by Gasteiger charge is 2.29. The molecule has 0 bridgehead atoms. The third kappa shape index (κ3) is 2.74. The smallest absolute Gasteiger partial charge is 0.189 e. The molecule has 5 heteroatoms. The quantitative estimate of drug-likeness (QED) is 0.780. The fourth-order valence-electron chi connectivity index (χ4n) is 2.95. The summed E-state index contributed by atoms with van der Waals surface area (Å²) >= 11 is 6.07. The van der Waals surface area contributed by atoms with E-state index in [1.165, 1.54) is 0 Å². The summed E-state index contributed by atoms with van der Waals surface area (Å²) in [6.07, 6.45) is 2.29. The van der Waals surface area contributed by atoms with Crippen molar-refractivity contribution in [2.45, 2.75) is 6.42 Å².